The standard InChI is InChI=1S/C21H21Cl3N2O5S/c1-13(20(27)25-17-11-15(22)10-16(23)12-17)31-21(28)14-5-6-18(24)19(9-14)32(29,30)26-7-3-2-4-8-26/h5-6,9-13H,2-4,7-8H2,1H3,(H,25,27)/t13-/m1/s1. The van der Waals surface area contributed by atoms with E-state index >= 15 is 0 Å². The summed E-state index contributed by atoms with van der Waals surface area (Å²) in [5, 5.41) is 3.24. The van der Waals surface area contributed by atoms with Crippen LogP contribution in [0.5, 0.6) is 0 Å². The van der Waals surface area contributed by atoms with Crippen LogP contribution < -0.4 is 5.32 Å². The van der Waals surface area contributed by atoms with E-state index in [0.29, 0.717) is 28.8 Å². The molecule has 2 aromatic carbocycles. The lowest BCUT2D eigenvalue weighted by atomic mass is 10.2. The first kappa shape index (κ1) is 24.8. The van der Waals surface area contributed by atoms with E-state index < -0.39 is 28.0 Å². The minimum Gasteiger partial charge on any atom is -0.449 e. The van der Waals surface area contributed by atoms with Crippen LogP contribution in [0.15, 0.2) is 41.3 Å². The van der Waals surface area contributed by atoms with E-state index in [9.17, 15) is 18.0 Å². The Morgan fingerprint density at radius 3 is 2.25 bits per heavy atom. The number of hydrogen-bond donors (Lipinski definition) is 1. The van der Waals surface area contributed by atoms with Crippen molar-refractivity contribution in [3.63, 3.8) is 0 Å². The number of rotatable bonds is 6. The summed E-state index contributed by atoms with van der Waals surface area (Å²) in [4.78, 5) is 24.8. The third-order valence-corrected chi connectivity index (χ3v) is 7.70. The van der Waals surface area contributed by atoms with Crippen LogP contribution in [-0.2, 0) is 19.6 Å². The van der Waals surface area contributed by atoms with Gasteiger partial charge in [-0.05, 0) is 56.2 Å². The molecule has 172 valence electrons. The molecule has 0 bridgehead atoms. The van der Waals surface area contributed by atoms with Crippen molar-refractivity contribution < 1.29 is 22.7 Å². The van der Waals surface area contributed by atoms with Gasteiger partial charge in [0.1, 0.15) is 4.90 Å². The van der Waals surface area contributed by atoms with Gasteiger partial charge in [0.15, 0.2) is 6.10 Å². The molecule has 1 saturated heterocycles. The molecule has 1 aliphatic rings. The van der Waals surface area contributed by atoms with Crippen molar-refractivity contribution in [3.8, 4) is 0 Å². The molecule has 1 fully saturated rings. The Bertz CT molecular complexity index is 1110. The van der Waals surface area contributed by atoms with Crippen LogP contribution in [0.3, 0.4) is 0 Å². The number of hydrogen-bond acceptors (Lipinski definition) is 5. The van der Waals surface area contributed by atoms with Crippen LogP contribution >= 0.6 is 34.8 Å². The number of halogens is 3. The summed E-state index contributed by atoms with van der Waals surface area (Å²) in [6, 6.07) is 8.36. The Morgan fingerprint density at radius 1 is 1.00 bits per heavy atom. The highest BCUT2D eigenvalue weighted by molar-refractivity contribution is 7.89. The zero-order chi connectivity index (χ0) is 23.5. The van der Waals surface area contributed by atoms with Gasteiger partial charge in [-0.25, -0.2) is 13.2 Å². The third kappa shape index (κ3) is 5.94. The molecule has 1 N–H and O–H groups in total. The molecule has 2 aromatic rings. The number of ether oxygens (including phenoxy) is 1. The number of sulfonamides is 1. The second-order valence-electron chi connectivity index (χ2n) is 7.30. The highest BCUT2D eigenvalue weighted by atomic mass is 35.5. The lowest BCUT2D eigenvalue weighted by Crippen LogP contribution is -2.36. The highest BCUT2D eigenvalue weighted by Gasteiger charge is 2.29. The Morgan fingerprint density at radius 2 is 1.62 bits per heavy atom. The maximum absolute atomic E-state index is 13.0. The van der Waals surface area contributed by atoms with Crippen LogP contribution in [0.2, 0.25) is 15.1 Å². The van der Waals surface area contributed by atoms with Crippen molar-refractivity contribution in [3.05, 3.63) is 57.0 Å². The Kier molecular flexibility index (Phi) is 8.06. The van der Waals surface area contributed by atoms with Crippen molar-refractivity contribution in [2.24, 2.45) is 0 Å². The molecule has 1 heterocycles. The average Bonchev–Trinajstić information content (AvgIpc) is 2.73. The van der Waals surface area contributed by atoms with Gasteiger partial charge in [-0.1, -0.05) is 41.2 Å². The van der Waals surface area contributed by atoms with Gasteiger partial charge in [0, 0.05) is 28.8 Å². The summed E-state index contributed by atoms with van der Waals surface area (Å²) < 4.78 is 32.5. The quantitative estimate of drug-likeness (QED) is 0.542. The fourth-order valence-corrected chi connectivity index (χ4v) is 5.77. The molecule has 3 rings (SSSR count). The molecule has 1 aliphatic heterocycles. The van der Waals surface area contributed by atoms with Gasteiger partial charge >= 0.3 is 5.97 Å². The molecular weight excluding hydrogens is 499 g/mol. The number of amides is 1. The molecule has 32 heavy (non-hydrogen) atoms. The molecule has 0 radical (unpaired) electrons. The Hall–Kier alpha value is -1.84. The van der Waals surface area contributed by atoms with E-state index in [2.05, 4.69) is 5.32 Å². The molecule has 1 atom stereocenters. The molecule has 7 nitrogen and oxygen atoms in total. The van der Waals surface area contributed by atoms with E-state index in [1.807, 2.05) is 0 Å². The number of anilines is 1. The van der Waals surface area contributed by atoms with Crippen molar-refractivity contribution in [1.82, 2.24) is 4.31 Å². The smallest absolute Gasteiger partial charge is 0.338 e. The summed E-state index contributed by atoms with van der Waals surface area (Å²) in [7, 11) is -3.85. The summed E-state index contributed by atoms with van der Waals surface area (Å²) in [6.07, 6.45) is 1.33. The zero-order valence-corrected chi connectivity index (χ0v) is 20.2. The van der Waals surface area contributed by atoms with Crippen LogP contribution in [0, 0.1) is 0 Å². The number of benzene rings is 2. The number of esters is 1. The van der Waals surface area contributed by atoms with E-state index in [0.717, 1.165) is 19.3 Å². The van der Waals surface area contributed by atoms with Gasteiger partial charge < -0.3 is 10.1 Å². The van der Waals surface area contributed by atoms with E-state index in [4.69, 9.17) is 39.5 Å². The lowest BCUT2D eigenvalue weighted by Gasteiger charge is -2.26. The molecule has 0 aromatic heterocycles. The SMILES string of the molecule is C[C@@H](OC(=O)c1ccc(Cl)c(S(=O)(=O)N2CCCCC2)c1)C(=O)Nc1cc(Cl)cc(Cl)c1. The average molecular weight is 520 g/mol. The topological polar surface area (TPSA) is 92.8 Å². The molecular formula is C21H21Cl3N2O5S. The van der Waals surface area contributed by atoms with Gasteiger partial charge in [-0.2, -0.15) is 4.31 Å². The minimum absolute atomic E-state index is 0.00995. The molecule has 0 saturated carbocycles. The van der Waals surface area contributed by atoms with Crippen LogP contribution in [-0.4, -0.2) is 43.8 Å². The second-order valence-corrected chi connectivity index (χ2v) is 10.5. The molecule has 0 aliphatic carbocycles. The normalized spacial score (nSPS) is 15.8. The Labute approximate surface area is 201 Å². The van der Waals surface area contributed by atoms with Gasteiger partial charge in [0.25, 0.3) is 5.91 Å². The summed E-state index contributed by atoms with van der Waals surface area (Å²) in [6.45, 7) is 2.19. The monoisotopic (exact) mass is 518 g/mol. The number of nitrogens with zero attached hydrogens (tertiary/aromatic N) is 1. The van der Waals surface area contributed by atoms with Crippen molar-refractivity contribution in [2.45, 2.75) is 37.2 Å². The van der Waals surface area contributed by atoms with E-state index in [1.54, 1.807) is 0 Å². The summed E-state index contributed by atoms with van der Waals surface area (Å²) in [5.41, 5.74) is 0.312. The van der Waals surface area contributed by atoms with Crippen molar-refractivity contribution in [2.75, 3.05) is 18.4 Å². The fourth-order valence-electron chi connectivity index (χ4n) is 3.22. The van der Waals surface area contributed by atoms with Crippen molar-refractivity contribution >= 4 is 62.4 Å². The zero-order valence-electron chi connectivity index (χ0n) is 17.1. The van der Waals surface area contributed by atoms with Crippen LogP contribution in [0.25, 0.3) is 0 Å². The molecule has 1 amide bonds. The first-order valence-corrected chi connectivity index (χ1v) is 12.4. The van der Waals surface area contributed by atoms with E-state index in [1.165, 1.54) is 47.6 Å². The van der Waals surface area contributed by atoms with Crippen molar-refractivity contribution in [1.29, 1.82) is 0 Å². The third-order valence-electron chi connectivity index (χ3n) is 4.88. The summed E-state index contributed by atoms with van der Waals surface area (Å²) in [5.74, 6) is -1.46. The number of piperidine rings is 1. The van der Waals surface area contributed by atoms with Gasteiger partial charge in [0.05, 0.1) is 10.6 Å². The minimum atomic E-state index is -3.85. The highest BCUT2D eigenvalue weighted by Crippen LogP contribution is 2.28. The molecule has 0 unspecified atom stereocenters. The number of nitrogens with one attached hydrogen (secondary N) is 1. The maximum atomic E-state index is 13.0. The molecule has 11 heteroatoms. The maximum Gasteiger partial charge on any atom is 0.338 e. The van der Waals surface area contributed by atoms with Gasteiger partial charge in [-0.3, -0.25) is 4.79 Å². The van der Waals surface area contributed by atoms with Crippen LogP contribution in [0.1, 0.15) is 36.5 Å². The first-order chi connectivity index (χ1) is 15.1. The Balaban J connectivity index is 1.73. The number of carbonyl (C=O) groups excluding carboxylic acids is 2. The van der Waals surface area contributed by atoms with Crippen LogP contribution in [0.4, 0.5) is 5.69 Å². The predicted octanol–water partition coefficient (Wildman–Crippen LogP) is 5.01. The van der Waals surface area contributed by atoms with E-state index in [-0.39, 0.29) is 15.5 Å². The lowest BCUT2D eigenvalue weighted by molar-refractivity contribution is -0.123. The fraction of sp³-hybridized carbons (Fsp3) is 0.333. The number of carbonyl (C=O) groups is 2. The predicted molar refractivity (Wildman–Crippen MR) is 124 cm³/mol. The summed E-state index contributed by atoms with van der Waals surface area (Å²) >= 11 is 18.0. The second kappa shape index (κ2) is 10.4. The van der Waals surface area contributed by atoms with Gasteiger partial charge in [-0.15, -0.1) is 0 Å². The first-order valence-electron chi connectivity index (χ1n) is 9.85. The molecule has 0 spiro atoms. The largest absolute Gasteiger partial charge is 0.449 e. The van der Waals surface area contributed by atoms with Gasteiger partial charge in [0.2, 0.25) is 10.0 Å².